The highest BCUT2D eigenvalue weighted by Crippen LogP contribution is 2.29. The van der Waals surface area contributed by atoms with E-state index in [9.17, 15) is 14.9 Å². The summed E-state index contributed by atoms with van der Waals surface area (Å²) in [5.74, 6) is 0.182. The lowest BCUT2D eigenvalue weighted by molar-refractivity contribution is -0.384. The first-order chi connectivity index (χ1) is 13.9. The molecule has 0 saturated heterocycles. The third-order valence-corrected chi connectivity index (χ3v) is 4.39. The van der Waals surface area contributed by atoms with Crippen LogP contribution in [0.1, 0.15) is 10.4 Å². The van der Waals surface area contributed by atoms with E-state index in [2.05, 4.69) is 10.6 Å². The number of nitrogens with zero attached hydrogens (tertiary/aromatic N) is 1. The number of ether oxygens (including phenoxy) is 2. The molecule has 3 rings (SSSR count). The second kappa shape index (κ2) is 8.53. The Kier molecular flexibility index (Phi) is 5.89. The number of benzene rings is 3. The lowest BCUT2D eigenvalue weighted by Gasteiger charge is -2.14. The Morgan fingerprint density at radius 2 is 1.66 bits per heavy atom. The van der Waals surface area contributed by atoms with Crippen LogP contribution in [0, 0.1) is 10.1 Å². The van der Waals surface area contributed by atoms with Crippen molar-refractivity contribution in [2.75, 3.05) is 19.5 Å². The fourth-order valence-electron chi connectivity index (χ4n) is 2.79. The summed E-state index contributed by atoms with van der Waals surface area (Å²) in [6.45, 7) is 0. The summed E-state index contributed by atoms with van der Waals surface area (Å²) in [6, 6.07) is 15.1. The predicted molar refractivity (Wildman–Crippen MR) is 114 cm³/mol. The average Bonchev–Trinajstić information content (AvgIpc) is 2.72. The molecule has 0 aliphatic carbocycles. The number of hydrogen-bond donors (Lipinski definition) is 2. The smallest absolute Gasteiger partial charge is 0.273 e. The van der Waals surface area contributed by atoms with Gasteiger partial charge in [0.1, 0.15) is 11.5 Å². The number of rotatable bonds is 5. The van der Waals surface area contributed by atoms with E-state index in [1.54, 1.807) is 12.1 Å². The molecule has 29 heavy (non-hydrogen) atoms. The van der Waals surface area contributed by atoms with Crippen molar-refractivity contribution in [2.45, 2.75) is 0 Å². The molecule has 2 N–H and O–H groups in total. The number of carbonyl (C=O) groups excluding carboxylic acids is 1. The molecule has 0 fully saturated rings. The molecular weight excluding hydrogens is 394 g/mol. The molecule has 0 saturated carbocycles. The summed E-state index contributed by atoms with van der Waals surface area (Å²) >= 11 is 5.21. The van der Waals surface area contributed by atoms with Crippen LogP contribution in [-0.4, -0.2) is 30.2 Å². The number of nitrogens with one attached hydrogen (secondary N) is 2. The Bertz CT molecular complexity index is 1120. The number of carbonyl (C=O) groups is 1. The molecule has 3 aromatic carbocycles. The van der Waals surface area contributed by atoms with Crippen molar-refractivity contribution in [3.8, 4) is 11.5 Å². The van der Waals surface area contributed by atoms with Crippen molar-refractivity contribution in [1.29, 1.82) is 0 Å². The van der Waals surface area contributed by atoms with E-state index in [4.69, 9.17) is 21.7 Å². The zero-order valence-corrected chi connectivity index (χ0v) is 16.4. The van der Waals surface area contributed by atoms with Gasteiger partial charge in [-0.3, -0.25) is 20.2 Å². The van der Waals surface area contributed by atoms with E-state index in [0.717, 1.165) is 10.8 Å². The van der Waals surface area contributed by atoms with Crippen LogP contribution < -0.4 is 20.1 Å². The Balaban J connectivity index is 1.80. The maximum absolute atomic E-state index is 12.7. The molecule has 3 aromatic rings. The zero-order chi connectivity index (χ0) is 21.0. The zero-order valence-electron chi connectivity index (χ0n) is 15.6. The van der Waals surface area contributed by atoms with Crippen molar-refractivity contribution in [1.82, 2.24) is 5.32 Å². The highest BCUT2D eigenvalue weighted by atomic mass is 32.1. The van der Waals surface area contributed by atoms with Gasteiger partial charge in [0.15, 0.2) is 5.11 Å². The Labute approximate surface area is 171 Å². The van der Waals surface area contributed by atoms with Crippen molar-refractivity contribution >= 4 is 45.4 Å². The quantitative estimate of drug-likeness (QED) is 0.373. The summed E-state index contributed by atoms with van der Waals surface area (Å²) in [5, 5.41) is 18.1. The van der Waals surface area contributed by atoms with E-state index >= 15 is 0 Å². The van der Waals surface area contributed by atoms with Gasteiger partial charge in [-0.1, -0.05) is 24.3 Å². The van der Waals surface area contributed by atoms with Crippen LogP contribution in [0.5, 0.6) is 11.5 Å². The van der Waals surface area contributed by atoms with Crippen molar-refractivity contribution < 1.29 is 19.2 Å². The van der Waals surface area contributed by atoms with E-state index in [0.29, 0.717) is 17.0 Å². The number of methoxy groups -OCH3 is 2. The molecule has 8 nitrogen and oxygen atoms in total. The fourth-order valence-corrected chi connectivity index (χ4v) is 2.99. The Morgan fingerprint density at radius 1 is 1.00 bits per heavy atom. The first kappa shape index (κ1) is 20.0. The van der Waals surface area contributed by atoms with Gasteiger partial charge >= 0.3 is 0 Å². The Hall–Kier alpha value is -3.72. The third kappa shape index (κ3) is 4.41. The number of amides is 1. The lowest BCUT2D eigenvalue weighted by atomic mass is 10.1. The van der Waals surface area contributed by atoms with Gasteiger partial charge in [-0.25, -0.2) is 0 Å². The molecule has 0 heterocycles. The first-order valence-corrected chi connectivity index (χ1v) is 8.85. The first-order valence-electron chi connectivity index (χ1n) is 8.44. The fraction of sp³-hybridized carbons (Fsp3) is 0.100. The molecule has 0 aliphatic rings. The number of thiocarbonyl (C=S) groups is 1. The lowest BCUT2D eigenvalue weighted by Crippen LogP contribution is -2.34. The topological polar surface area (TPSA) is 103 Å². The summed E-state index contributed by atoms with van der Waals surface area (Å²) in [5.41, 5.74) is 0.586. The van der Waals surface area contributed by atoms with E-state index in [1.165, 1.54) is 32.4 Å². The summed E-state index contributed by atoms with van der Waals surface area (Å²) in [7, 11) is 2.87. The third-order valence-electron chi connectivity index (χ3n) is 4.18. The van der Waals surface area contributed by atoms with Gasteiger partial charge in [0, 0.05) is 6.07 Å². The number of nitro groups is 1. The van der Waals surface area contributed by atoms with Crippen LogP contribution in [0.15, 0.2) is 54.6 Å². The largest absolute Gasteiger partial charge is 0.496 e. The van der Waals surface area contributed by atoms with Crippen molar-refractivity contribution in [2.24, 2.45) is 0 Å². The standard InChI is InChI=1S/C20H17N3O5S/c1-27-17-10-13-6-4-3-5-12(13)9-15(17)19(24)22-20(29)21-16-8-7-14(23(25)26)11-18(16)28-2/h3-11H,1-2H3,(H2,21,22,24,29). The molecule has 0 atom stereocenters. The molecule has 9 heteroatoms. The van der Waals surface area contributed by atoms with Gasteiger partial charge in [0.25, 0.3) is 11.6 Å². The van der Waals surface area contributed by atoms with E-state index in [1.807, 2.05) is 24.3 Å². The maximum Gasteiger partial charge on any atom is 0.273 e. The highest BCUT2D eigenvalue weighted by molar-refractivity contribution is 7.80. The highest BCUT2D eigenvalue weighted by Gasteiger charge is 2.17. The molecule has 0 spiro atoms. The molecule has 0 unspecified atom stereocenters. The van der Waals surface area contributed by atoms with Gasteiger partial charge in [0.05, 0.1) is 36.5 Å². The number of fused-ring (bicyclic) bond motifs is 1. The van der Waals surface area contributed by atoms with Crippen LogP contribution in [0.2, 0.25) is 0 Å². The van der Waals surface area contributed by atoms with Crippen LogP contribution in [0.4, 0.5) is 11.4 Å². The molecule has 0 bridgehead atoms. The van der Waals surface area contributed by atoms with Gasteiger partial charge in [-0.15, -0.1) is 0 Å². The number of anilines is 1. The SMILES string of the molecule is COc1cc([N+](=O)[O-])ccc1NC(=S)NC(=O)c1cc2ccccc2cc1OC. The van der Waals surface area contributed by atoms with Crippen LogP contribution >= 0.6 is 12.2 Å². The van der Waals surface area contributed by atoms with Crippen LogP contribution in [-0.2, 0) is 0 Å². The van der Waals surface area contributed by atoms with Crippen molar-refractivity contribution in [3.05, 3.63) is 70.3 Å². The Morgan fingerprint density at radius 3 is 2.28 bits per heavy atom. The van der Waals surface area contributed by atoms with Crippen molar-refractivity contribution in [3.63, 3.8) is 0 Å². The van der Waals surface area contributed by atoms with Gasteiger partial charge in [-0.2, -0.15) is 0 Å². The average molecular weight is 411 g/mol. The van der Waals surface area contributed by atoms with Gasteiger partial charge in [-0.05, 0) is 41.2 Å². The minimum Gasteiger partial charge on any atom is -0.496 e. The normalized spacial score (nSPS) is 10.3. The van der Waals surface area contributed by atoms with Gasteiger partial charge < -0.3 is 14.8 Å². The van der Waals surface area contributed by atoms with Gasteiger partial charge in [0.2, 0.25) is 0 Å². The van der Waals surface area contributed by atoms with E-state index < -0.39 is 10.8 Å². The van der Waals surface area contributed by atoms with E-state index in [-0.39, 0.29) is 16.5 Å². The number of non-ortho nitro benzene ring substituents is 1. The molecule has 148 valence electrons. The molecule has 0 aliphatic heterocycles. The molecule has 1 amide bonds. The number of nitro benzene ring substituents is 1. The second-order valence-corrected chi connectivity index (χ2v) is 6.36. The molecular formula is C20H17N3O5S. The summed E-state index contributed by atoms with van der Waals surface area (Å²) in [6.07, 6.45) is 0. The van der Waals surface area contributed by atoms with Crippen LogP contribution in [0.25, 0.3) is 10.8 Å². The second-order valence-electron chi connectivity index (χ2n) is 5.95. The maximum atomic E-state index is 12.7. The summed E-state index contributed by atoms with van der Waals surface area (Å²) < 4.78 is 10.5. The monoisotopic (exact) mass is 411 g/mol. The minimum atomic E-state index is -0.529. The predicted octanol–water partition coefficient (Wildman–Crippen LogP) is 3.89. The molecule has 0 aromatic heterocycles. The minimum absolute atomic E-state index is 0.0114. The number of hydrogen-bond acceptors (Lipinski definition) is 6. The summed E-state index contributed by atoms with van der Waals surface area (Å²) in [4.78, 5) is 23.1. The van der Waals surface area contributed by atoms with Crippen LogP contribution in [0.3, 0.4) is 0 Å². The molecule has 0 radical (unpaired) electrons.